The van der Waals surface area contributed by atoms with Crippen LogP contribution in [0.2, 0.25) is 0 Å². The molecule has 2 aromatic carbocycles. The fraction of sp³-hybridized carbons (Fsp3) is 0.318. The van der Waals surface area contributed by atoms with Crippen molar-refractivity contribution in [1.29, 1.82) is 0 Å². The Morgan fingerprint density at radius 3 is 2.09 bits per heavy atom. The quantitative estimate of drug-likeness (QED) is 0.682. The number of rotatable bonds is 4. The van der Waals surface area contributed by atoms with Crippen molar-refractivity contribution in [3.63, 3.8) is 0 Å². The molecule has 1 fully saturated rings. The number of halogens is 3. The number of likely N-dealkylation sites (N-methyl/N-ethyl adjacent to an activating group) is 1. The highest BCUT2D eigenvalue weighted by Crippen LogP contribution is 2.20. The van der Waals surface area contributed by atoms with E-state index in [4.69, 9.17) is 0 Å². The van der Waals surface area contributed by atoms with Crippen LogP contribution in [0.1, 0.15) is 15.9 Å². The number of amides is 4. The summed E-state index contributed by atoms with van der Waals surface area (Å²) in [5.74, 6) is -3.17. The third kappa shape index (κ3) is 6.45. The summed E-state index contributed by atoms with van der Waals surface area (Å²) in [5, 5.41) is 0. The topological polar surface area (TPSA) is 85.0 Å². The minimum Gasteiger partial charge on any atom is -0.322 e. The lowest BCUT2D eigenvalue weighted by Gasteiger charge is -2.36. The van der Waals surface area contributed by atoms with E-state index < -0.39 is 18.0 Å². The predicted octanol–water partition coefficient (Wildman–Crippen LogP) is 2.38. The molecule has 11 heteroatoms. The van der Waals surface area contributed by atoms with Gasteiger partial charge in [0.25, 0.3) is 5.91 Å². The number of hydrogen-bond donors (Lipinski definition) is 2. The van der Waals surface area contributed by atoms with Gasteiger partial charge in [0.05, 0.1) is 6.54 Å². The molecule has 1 aliphatic heterocycles. The predicted molar refractivity (Wildman–Crippen MR) is 115 cm³/mol. The monoisotopic (exact) mass is 463 g/mol. The Bertz CT molecular complexity index is 975. The Morgan fingerprint density at radius 1 is 0.909 bits per heavy atom. The van der Waals surface area contributed by atoms with Gasteiger partial charge >= 0.3 is 18.1 Å². The van der Waals surface area contributed by atoms with Crippen molar-refractivity contribution in [2.24, 2.45) is 0 Å². The molecule has 2 N–H and O–H groups in total. The number of carbonyl (C=O) groups excluding carboxylic acids is 3. The van der Waals surface area contributed by atoms with Crippen LogP contribution in [-0.4, -0.2) is 67.0 Å². The fourth-order valence-corrected chi connectivity index (χ4v) is 3.25. The first-order chi connectivity index (χ1) is 15.6. The molecule has 0 bridgehead atoms. The number of hydrogen-bond acceptors (Lipinski definition) is 4. The number of para-hydroxylation sites is 1. The van der Waals surface area contributed by atoms with Crippen molar-refractivity contribution >= 4 is 23.5 Å². The highest BCUT2D eigenvalue weighted by atomic mass is 19.4. The maximum absolute atomic E-state index is 13.3. The van der Waals surface area contributed by atoms with Gasteiger partial charge in [-0.1, -0.05) is 30.3 Å². The number of nitrogens with one attached hydrogen (secondary N) is 2. The van der Waals surface area contributed by atoms with E-state index in [2.05, 4.69) is 4.90 Å². The molecule has 2 aromatic rings. The van der Waals surface area contributed by atoms with Gasteiger partial charge < -0.3 is 9.80 Å². The first-order valence-corrected chi connectivity index (χ1v) is 10.2. The number of carbonyl (C=O) groups is 3. The summed E-state index contributed by atoms with van der Waals surface area (Å²) < 4.78 is 36.7. The first-order valence-electron chi connectivity index (χ1n) is 10.2. The summed E-state index contributed by atoms with van der Waals surface area (Å²) in [7, 11) is 2.00. The van der Waals surface area contributed by atoms with Crippen LogP contribution in [0.15, 0.2) is 54.6 Å². The van der Waals surface area contributed by atoms with Crippen molar-refractivity contribution in [2.75, 3.05) is 38.1 Å². The van der Waals surface area contributed by atoms with E-state index >= 15 is 0 Å². The summed E-state index contributed by atoms with van der Waals surface area (Å²) in [6, 6.07) is 15.1. The van der Waals surface area contributed by atoms with Gasteiger partial charge in [-0.25, -0.2) is 4.79 Å². The number of benzene rings is 2. The Labute approximate surface area is 188 Å². The van der Waals surface area contributed by atoms with Crippen molar-refractivity contribution in [3.05, 3.63) is 65.7 Å². The van der Waals surface area contributed by atoms with Crippen LogP contribution in [0.25, 0.3) is 0 Å². The molecule has 8 nitrogen and oxygen atoms in total. The molecule has 0 unspecified atom stereocenters. The highest BCUT2D eigenvalue weighted by Gasteiger charge is 2.39. The zero-order chi connectivity index (χ0) is 24.0. The van der Waals surface area contributed by atoms with Gasteiger partial charge in [0.2, 0.25) is 0 Å². The number of nitrogens with zero attached hydrogens (tertiary/aromatic N) is 3. The van der Waals surface area contributed by atoms with Crippen LogP contribution in [0.5, 0.6) is 0 Å². The van der Waals surface area contributed by atoms with Crippen LogP contribution < -0.4 is 15.8 Å². The van der Waals surface area contributed by atoms with E-state index in [1.165, 1.54) is 17.6 Å². The lowest BCUT2D eigenvalue weighted by Crippen LogP contribution is -2.51. The number of alkyl halides is 3. The molecule has 176 valence electrons. The lowest BCUT2D eigenvalue weighted by atomic mass is 10.1. The number of piperazine rings is 1. The Hall–Kier alpha value is -3.60. The molecule has 0 radical (unpaired) electrons. The van der Waals surface area contributed by atoms with Crippen molar-refractivity contribution in [1.82, 2.24) is 20.7 Å². The molecule has 3 rings (SSSR count). The van der Waals surface area contributed by atoms with E-state index in [1.807, 2.05) is 37.4 Å². The first kappa shape index (κ1) is 24.1. The summed E-state index contributed by atoms with van der Waals surface area (Å²) >= 11 is 0. The van der Waals surface area contributed by atoms with E-state index in [1.54, 1.807) is 27.4 Å². The zero-order valence-electron chi connectivity index (χ0n) is 17.9. The third-order valence-electron chi connectivity index (χ3n) is 5.18. The average molecular weight is 463 g/mol. The smallest absolute Gasteiger partial charge is 0.322 e. The van der Waals surface area contributed by atoms with Crippen LogP contribution in [-0.2, 0) is 11.3 Å². The van der Waals surface area contributed by atoms with Crippen LogP contribution >= 0.6 is 0 Å². The largest absolute Gasteiger partial charge is 0.472 e. The average Bonchev–Trinajstić information content (AvgIpc) is 2.81. The minimum absolute atomic E-state index is 0.0536. The Kier molecular flexibility index (Phi) is 7.54. The Balaban J connectivity index is 1.69. The van der Waals surface area contributed by atoms with Gasteiger partial charge in [-0.3, -0.25) is 25.3 Å². The SMILES string of the molecule is CN1CCN(C(=O)N(Cc2ccc(C(=O)NNC(=O)C(F)(F)F)cc2)c2ccccc2)CC1. The maximum Gasteiger partial charge on any atom is 0.472 e. The van der Waals surface area contributed by atoms with E-state index in [0.29, 0.717) is 13.1 Å². The second-order valence-electron chi connectivity index (χ2n) is 7.60. The van der Waals surface area contributed by atoms with E-state index in [-0.39, 0.29) is 18.1 Å². The van der Waals surface area contributed by atoms with Crippen molar-refractivity contribution < 1.29 is 27.6 Å². The van der Waals surface area contributed by atoms with Gasteiger partial charge in [0, 0.05) is 37.4 Å². The second-order valence-corrected chi connectivity index (χ2v) is 7.60. The summed E-state index contributed by atoms with van der Waals surface area (Å²) in [6.07, 6.45) is -5.10. The molecule has 0 spiro atoms. The molecule has 1 aliphatic rings. The molecule has 33 heavy (non-hydrogen) atoms. The van der Waals surface area contributed by atoms with Gasteiger partial charge in [-0.15, -0.1) is 0 Å². The van der Waals surface area contributed by atoms with Crippen LogP contribution in [0.3, 0.4) is 0 Å². The van der Waals surface area contributed by atoms with E-state index in [9.17, 15) is 27.6 Å². The van der Waals surface area contributed by atoms with Gasteiger partial charge in [-0.05, 0) is 36.9 Å². The molecular formula is C22H24F3N5O3. The molecule has 0 saturated carbocycles. The highest BCUT2D eigenvalue weighted by molar-refractivity contribution is 5.96. The lowest BCUT2D eigenvalue weighted by molar-refractivity contribution is -0.174. The van der Waals surface area contributed by atoms with Gasteiger partial charge in [0.1, 0.15) is 0 Å². The summed E-state index contributed by atoms with van der Waals surface area (Å²) in [5.41, 5.74) is 4.53. The molecular weight excluding hydrogens is 439 g/mol. The molecule has 0 aliphatic carbocycles. The minimum atomic E-state index is -5.10. The summed E-state index contributed by atoms with van der Waals surface area (Å²) in [6.45, 7) is 3.02. The van der Waals surface area contributed by atoms with Crippen molar-refractivity contribution in [2.45, 2.75) is 12.7 Å². The zero-order valence-corrected chi connectivity index (χ0v) is 17.9. The molecule has 1 heterocycles. The maximum atomic E-state index is 13.3. The number of urea groups is 1. The number of hydrazine groups is 1. The second kappa shape index (κ2) is 10.3. The summed E-state index contributed by atoms with van der Waals surface area (Å²) in [4.78, 5) is 41.7. The Morgan fingerprint density at radius 2 is 1.52 bits per heavy atom. The van der Waals surface area contributed by atoms with Crippen LogP contribution in [0, 0.1) is 0 Å². The fourth-order valence-electron chi connectivity index (χ4n) is 3.25. The number of anilines is 1. The normalized spacial score (nSPS) is 14.5. The van der Waals surface area contributed by atoms with Crippen LogP contribution in [0.4, 0.5) is 23.7 Å². The van der Waals surface area contributed by atoms with Crippen molar-refractivity contribution in [3.8, 4) is 0 Å². The molecule has 0 aromatic heterocycles. The van der Waals surface area contributed by atoms with Gasteiger partial charge in [0.15, 0.2) is 0 Å². The standard InChI is InChI=1S/C22H24F3N5O3/c1-28-11-13-29(14-12-28)21(33)30(18-5-3-2-4-6-18)15-16-7-9-17(10-8-16)19(31)26-27-20(32)22(23,24)25/h2-10H,11-15H2,1H3,(H,26,31)(H,27,32). The van der Waals surface area contributed by atoms with E-state index in [0.717, 1.165) is 24.3 Å². The third-order valence-corrected chi connectivity index (χ3v) is 5.18. The molecule has 1 saturated heterocycles. The molecule has 0 atom stereocenters. The molecule has 4 amide bonds. The van der Waals surface area contributed by atoms with Gasteiger partial charge in [-0.2, -0.15) is 13.2 Å².